The smallest absolute Gasteiger partial charge is 0.305 e. The number of aryl methyl sites for hydroxylation is 1. The normalized spacial score (nSPS) is 10.5. The van der Waals surface area contributed by atoms with Gasteiger partial charge in [-0.2, -0.15) is 5.10 Å². The van der Waals surface area contributed by atoms with Gasteiger partial charge in [0.05, 0.1) is 18.7 Å². The summed E-state index contributed by atoms with van der Waals surface area (Å²) in [5.41, 5.74) is 1.17. The molecule has 0 fully saturated rings. The van der Waals surface area contributed by atoms with Crippen molar-refractivity contribution in [2.45, 2.75) is 26.2 Å². The molecule has 21 heavy (non-hydrogen) atoms. The first-order valence-electron chi connectivity index (χ1n) is 6.62. The van der Waals surface area contributed by atoms with E-state index in [4.69, 9.17) is 5.11 Å². The van der Waals surface area contributed by atoms with E-state index in [1.807, 2.05) is 13.8 Å². The van der Waals surface area contributed by atoms with Crippen molar-refractivity contribution in [3.8, 4) is 0 Å². The number of aliphatic carboxylic acids is 1. The van der Waals surface area contributed by atoms with Crippen LogP contribution in [0.3, 0.4) is 0 Å². The van der Waals surface area contributed by atoms with Crippen LogP contribution in [0, 0.1) is 0 Å². The maximum absolute atomic E-state index is 11.9. The molecule has 0 atom stereocenters. The molecule has 0 saturated heterocycles. The van der Waals surface area contributed by atoms with Crippen molar-refractivity contribution in [1.82, 2.24) is 20.4 Å². The van der Waals surface area contributed by atoms with Crippen LogP contribution in [-0.4, -0.2) is 45.8 Å². The fourth-order valence-electron chi connectivity index (χ4n) is 1.61. The van der Waals surface area contributed by atoms with Gasteiger partial charge in [0.25, 0.3) is 5.91 Å². The molecule has 1 aromatic rings. The van der Waals surface area contributed by atoms with Crippen molar-refractivity contribution in [2.75, 3.05) is 13.1 Å². The number of rotatable bonds is 7. The lowest BCUT2D eigenvalue weighted by Crippen LogP contribution is -2.38. The van der Waals surface area contributed by atoms with Crippen LogP contribution < -0.4 is 10.6 Å². The molecule has 1 aromatic heterocycles. The summed E-state index contributed by atoms with van der Waals surface area (Å²) < 4.78 is 1.47. The number of hydrogen-bond acceptors (Lipinski definition) is 4. The quantitative estimate of drug-likeness (QED) is 0.648. The van der Waals surface area contributed by atoms with Crippen molar-refractivity contribution in [3.63, 3.8) is 0 Å². The number of aromatic nitrogens is 2. The van der Waals surface area contributed by atoms with E-state index in [1.54, 1.807) is 13.1 Å². The van der Waals surface area contributed by atoms with Crippen LogP contribution in [-0.2, 0) is 16.6 Å². The molecule has 8 heteroatoms. The molecule has 0 saturated carbocycles. The first-order chi connectivity index (χ1) is 9.81. The summed E-state index contributed by atoms with van der Waals surface area (Å²) in [7, 11) is 1.66. The molecule has 0 bridgehead atoms. The van der Waals surface area contributed by atoms with Gasteiger partial charge in [-0.15, -0.1) is 0 Å². The van der Waals surface area contributed by atoms with Crippen LogP contribution >= 0.6 is 0 Å². The molecule has 0 unspecified atom stereocenters. The van der Waals surface area contributed by atoms with Gasteiger partial charge in [0.1, 0.15) is 5.69 Å². The largest absolute Gasteiger partial charge is 0.481 e. The van der Waals surface area contributed by atoms with E-state index in [1.165, 1.54) is 4.68 Å². The molecular weight excluding hydrogens is 276 g/mol. The number of carboxylic acid groups (broad SMARTS) is 1. The van der Waals surface area contributed by atoms with E-state index in [0.717, 1.165) is 5.69 Å². The average Bonchev–Trinajstić information content (AvgIpc) is 2.78. The van der Waals surface area contributed by atoms with Crippen molar-refractivity contribution in [1.29, 1.82) is 0 Å². The Morgan fingerprint density at radius 2 is 2.00 bits per heavy atom. The van der Waals surface area contributed by atoms with E-state index >= 15 is 0 Å². The van der Waals surface area contributed by atoms with Crippen molar-refractivity contribution in [2.24, 2.45) is 7.05 Å². The standard InChI is InChI=1S/C13H20N4O4/c1-8(2)9-6-10(17(3)16-9)13(21)15-7-11(18)14-5-4-12(19)20/h6,8H,4-5,7H2,1-3H3,(H,14,18)(H,15,21)(H,19,20). The highest BCUT2D eigenvalue weighted by molar-refractivity contribution is 5.95. The van der Waals surface area contributed by atoms with Gasteiger partial charge < -0.3 is 15.7 Å². The first-order valence-corrected chi connectivity index (χ1v) is 6.62. The zero-order valence-electron chi connectivity index (χ0n) is 12.3. The number of carbonyl (C=O) groups is 3. The minimum atomic E-state index is -0.990. The Hall–Kier alpha value is -2.38. The topological polar surface area (TPSA) is 113 Å². The third-order valence-corrected chi connectivity index (χ3v) is 2.79. The Kier molecular flexibility index (Phi) is 5.89. The molecule has 0 aliphatic rings. The average molecular weight is 296 g/mol. The van der Waals surface area contributed by atoms with Crippen LogP contribution in [0.2, 0.25) is 0 Å². The second-order valence-corrected chi connectivity index (χ2v) is 4.91. The van der Waals surface area contributed by atoms with Gasteiger partial charge >= 0.3 is 5.97 Å². The minimum Gasteiger partial charge on any atom is -0.481 e. The van der Waals surface area contributed by atoms with Gasteiger partial charge in [0.15, 0.2) is 0 Å². The van der Waals surface area contributed by atoms with Gasteiger partial charge in [-0.1, -0.05) is 13.8 Å². The van der Waals surface area contributed by atoms with Gasteiger partial charge in [0.2, 0.25) is 5.91 Å². The minimum absolute atomic E-state index is 0.0350. The van der Waals surface area contributed by atoms with Gasteiger partial charge in [-0.25, -0.2) is 0 Å². The summed E-state index contributed by atoms with van der Waals surface area (Å²) in [5.74, 6) is -1.62. The SMILES string of the molecule is CC(C)c1cc(C(=O)NCC(=O)NCCC(=O)O)n(C)n1. The summed E-state index contributed by atoms with van der Waals surface area (Å²) in [6.45, 7) is 3.77. The van der Waals surface area contributed by atoms with Gasteiger partial charge in [-0.05, 0) is 12.0 Å². The first kappa shape index (κ1) is 16.7. The number of carbonyl (C=O) groups excluding carboxylic acids is 2. The van der Waals surface area contributed by atoms with Crippen LogP contribution in [0.15, 0.2) is 6.07 Å². The molecule has 0 aromatic carbocycles. The van der Waals surface area contributed by atoms with Crippen molar-refractivity contribution in [3.05, 3.63) is 17.5 Å². The predicted molar refractivity (Wildman–Crippen MR) is 74.9 cm³/mol. The van der Waals surface area contributed by atoms with Crippen molar-refractivity contribution >= 4 is 17.8 Å². The molecule has 116 valence electrons. The second kappa shape index (κ2) is 7.41. The van der Waals surface area contributed by atoms with Crippen molar-refractivity contribution < 1.29 is 19.5 Å². The number of nitrogens with zero attached hydrogens (tertiary/aromatic N) is 2. The van der Waals surface area contributed by atoms with Crippen LogP contribution in [0.4, 0.5) is 0 Å². The molecule has 0 spiro atoms. The summed E-state index contributed by atoms with van der Waals surface area (Å²) in [5, 5.41) is 17.5. The lowest BCUT2D eigenvalue weighted by atomic mass is 10.1. The van der Waals surface area contributed by atoms with Crippen LogP contribution in [0.1, 0.15) is 42.4 Å². The Bertz CT molecular complexity index is 536. The monoisotopic (exact) mass is 296 g/mol. The molecule has 2 amide bonds. The fraction of sp³-hybridized carbons (Fsp3) is 0.538. The molecule has 3 N–H and O–H groups in total. The van der Waals surface area contributed by atoms with E-state index < -0.39 is 17.8 Å². The lowest BCUT2D eigenvalue weighted by molar-refractivity contribution is -0.136. The highest BCUT2D eigenvalue weighted by atomic mass is 16.4. The zero-order valence-corrected chi connectivity index (χ0v) is 12.3. The zero-order chi connectivity index (χ0) is 16.0. The fourth-order valence-corrected chi connectivity index (χ4v) is 1.61. The maximum Gasteiger partial charge on any atom is 0.305 e. The third-order valence-electron chi connectivity index (χ3n) is 2.79. The molecule has 1 rings (SSSR count). The van der Waals surface area contributed by atoms with Gasteiger partial charge in [-0.3, -0.25) is 19.1 Å². The van der Waals surface area contributed by atoms with E-state index in [2.05, 4.69) is 15.7 Å². The second-order valence-electron chi connectivity index (χ2n) is 4.91. The number of carboxylic acids is 1. The summed E-state index contributed by atoms with van der Waals surface area (Å²) in [6, 6.07) is 1.68. The Labute approximate surface area is 122 Å². The molecule has 0 radical (unpaired) electrons. The number of nitrogens with one attached hydrogen (secondary N) is 2. The molecule has 0 aliphatic carbocycles. The number of hydrogen-bond donors (Lipinski definition) is 3. The van der Waals surface area contributed by atoms with Crippen LogP contribution in [0.5, 0.6) is 0 Å². The third kappa shape index (κ3) is 5.25. The Balaban J connectivity index is 2.46. The summed E-state index contributed by atoms with van der Waals surface area (Å²) in [6.07, 6.45) is -0.154. The summed E-state index contributed by atoms with van der Waals surface area (Å²) in [4.78, 5) is 33.7. The van der Waals surface area contributed by atoms with E-state index in [9.17, 15) is 14.4 Å². The Morgan fingerprint density at radius 3 is 2.52 bits per heavy atom. The van der Waals surface area contributed by atoms with Gasteiger partial charge in [0, 0.05) is 13.6 Å². The molecular formula is C13H20N4O4. The predicted octanol–water partition coefficient (Wildman–Crippen LogP) is -0.136. The molecule has 8 nitrogen and oxygen atoms in total. The van der Waals surface area contributed by atoms with E-state index in [-0.39, 0.29) is 25.4 Å². The lowest BCUT2D eigenvalue weighted by Gasteiger charge is -2.06. The number of amides is 2. The molecule has 0 aliphatic heterocycles. The maximum atomic E-state index is 11.9. The molecule has 1 heterocycles. The Morgan fingerprint density at radius 1 is 1.33 bits per heavy atom. The van der Waals surface area contributed by atoms with Crippen LogP contribution in [0.25, 0.3) is 0 Å². The summed E-state index contributed by atoms with van der Waals surface area (Å²) >= 11 is 0. The van der Waals surface area contributed by atoms with E-state index in [0.29, 0.717) is 5.69 Å². The highest BCUT2D eigenvalue weighted by Crippen LogP contribution is 2.13. The highest BCUT2D eigenvalue weighted by Gasteiger charge is 2.15.